The van der Waals surface area contributed by atoms with Gasteiger partial charge in [-0.25, -0.2) is 0 Å². The fourth-order valence-electron chi connectivity index (χ4n) is 2.37. The summed E-state index contributed by atoms with van der Waals surface area (Å²) in [5.74, 6) is 1.61. The molecule has 0 amide bonds. The number of ether oxygens (including phenoxy) is 1. The van der Waals surface area contributed by atoms with E-state index in [-0.39, 0.29) is 6.04 Å². The molecule has 2 unspecified atom stereocenters. The molecule has 19 heavy (non-hydrogen) atoms. The number of nitrogens with two attached hydrogens (primary N) is 1. The van der Waals surface area contributed by atoms with Crippen molar-refractivity contribution in [1.82, 2.24) is 0 Å². The van der Waals surface area contributed by atoms with Crippen LogP contribution in [0.4, 0.5) is 0 Å². The van der Waals surface area contributed by atoms with E-state index in [1.54, 1.807) is 0 Å². The van der Waals surface area contributed by atoms with Gasteiger partial charge in [0.25, 0.3) is 0 Å². The monoisotopic (exact) mass is 263 g/mol. The minimum absolute atomic E-state index is 0.277. The summed E-state index contributed by atoms with van der Waals surface area (Å²) >= 11 is 0. The summed E-state index contributed by atoms with van der Waals surface area (Å²) in [7, 11) is 0. The van der Waals surface area contributed by atoms with Gasteiger partial charge in [-0.1, -0.05) is 31.5 Å². The van der Waals surface area contributed by atoms with E-state index in [9.17, 15) is 0 Å². The maximum Gasteiger partial charge on any atom is 0.122 e. The summed E-state index contributed by atoms with van der Waals surface area (Å²) in [6, 6.07) is 6.81. The average molecular weight is 263 g/mol. The van der Waals surface area contributed by atoms with Crippen LogP contribution in [0.15, 0.2) is 18.2 Å². The molecule has 2 heteroatoms. The van der Waals surface area contributed by atoms with Gasteiger partial charge in [-0.2, -0.15) is 0 Å². The molecule has 1 aromatic rings. The zero-order valence-electron chi connectivity index (χ0n) is 12.9. The molecule has 0 heterocycles. The second-order valence-electron chi connectivity index (χ2n) is 5.55. The first-order valence-corrected chi connectivity index (χ1v) is 7.57. The number of benzene rings is 1. The molecule has 108 valence electrons. The van der Waals surface area contributed by atoms with Crippen LogP contribution in [0.2, 0.25) is 0 Å². The van der Waals surface area contributed by atoms with Gasteiger partial charge < -0.3 is 10.5 Å². The lowest BCUT2D eigenvalue weighted by atomic mass is 9.89. The molecule has 0 aromatic heterocycles. The third-order valence-corrected chi connectivity index (χ3v) is 3.53. The molecule has 0 aliphatic rings. The standard InChI is InChI=1S/C17H29NO/c1-5-11-19-17-10-7-13(3)12-16(17)15(6-2)9-8-14(4)18/h7,10,12,14-15H,5-6,8-9,11,18H2,1-4H3. The minimum atomic E-state index is 0.277. The zero-order chi connectivity index (χ0) is 14.3. The van der Waals surface area contributed by atoms with Crippen LogP contribution in [-0.2, 0) is 0 Å². The summed E-state index contributed by atoms with van der Waals surface area (Å²) in [4.78, 5) is 0. The molecule has 0 saturated heterocycles. The number of hydrogen-bond donors (Lipinski definition) is 1. The van der Waals surface area contributed by atoms with Crippen molar-refractivity contribution in [3.05, 3.63) is 29.3 Å². The lowest BCUT2D eigenvalue weighted by molar-refractivity contribution is 0.310. The van der Waals surface area contributed by atoms with E-state index in [0.717, 1.165) is 38.0 Å². The maximum absolute atomic E-state index is 5.90. The summed E-state index contributed by atoms with van der Waals surface area (Å²) in [6.07, 6.45) is 4.39. The summed E-state index contributed by atoms with van der Waals surface area (Å²) < 4.78 is 5.90. The summed E-state index contributed by atoms with van der Waals surface area (Å²) in [5, 5.41) is 0. The Hall–Kier alpha value is -1.02. The van der Waals surface area contributed by atoms with Crippen molar-refractivity contribution in [3.8, 4) is 5.75 Å². The molecule has 0 spiro atoms. The van der Waals surface area contributed by atoms with Gasteiger partial charge in [0.1, 0.15) is 5.75 Å². The van der Waals surface area contributed by atoms with Crippen molar-refractivity contribution in [2.75, 3.05) is 6.61 Å². The number of aryl methyl sites for hydroxylation is 1. The van der Waals surface area contributed by atoms with Crippen LogP contribution < -0.4 is 10.5 Å². The van der Waals surface area contributed by atoms with E-state index in [2.05, 4.69) is 45.9 Å². The highest BCUT2D eigenvalue weighted by Crippen LogP contribution is 2.33. The molecule has 0 aliphatic heterocycles. The van der Waals surface area contributed by atoms with Gasteiger partial charge in [0.2, 0.25) is 0 Å². The highest BCUT2D eigenvalue weighted by atomic mass is 16.5. The van der Waals surface area contributed by atoms with E-state index < -0.39 is 0 Å². The number of hydrogen-bond acceptors (Lipinski definition) is 2. The normalized spacial score (nSPS) is 14.2. The van der Waals surface area contributed by atoms with Crippen molar-refractivity contribution >= 4 is 0 Å². The Kier molecular flexibility index (Phi) is 6.93. The smallest absolute Gasteiger partial charge is 0.122 e. The van der Waals surface area contributed by atoms with E-state index in [1.165, 1.54) is 11.1 Å². The van der Waals surface area contributed by atoms with E-state index >= 15 is 0 Å². The molecule has 0 fully saturated rings. The Balaban J connectivity index is 2.89. The Morgan fingerprint density at radius 2 is 1.95 bits per heavy atom. The average Bonchev–Trinajstić information content (AvgIpc) is 2.38. The zero-order valence-corrected chi connectivity index (χ0v) is 12.9. The van der Waals surface area contributed by atoms with Crippen LogP contribution in [0.25, 0.3) is 0 Å². The first-order chi connectivity index (χ1) is 9.08. The van der Waals surface area contributed by atoms with Gasteiger partial charge in [0.05, 0.1) is 6.61 Å². The predicted molar refractivity (Wildman–Crippen MR) is 82.9 cm³/mol. The van der Waals surface area contributed by atoms with E-state index in [4.69, 9.17) is 10.5 Å². The van der Waals surface area contributed by atoms with Crippen molar-refractivity contribution in [1.29, 1.82) is 0 Å². The molecule has 0 bridgehead atoms. The van der Waals surface area contributed by atoms with Gasteiger partial charge in [-0.05, 0) is 57.1 Å². The van der Waals surface area contributed by atoms with Crippen LogP contribution in [0.1, 0.15) is 63.5 Å². The highest BCUT2D eigenvalue weighted by molar-refractivity contribution is 5.39. The first-order valence-electron chi connectivity index (χ1n) is 7.57. The fraction of sp³-hybridized carbons (Fsp3) is 0.647. The Morgan fingerprint density at radius 3 is 2.53 bits per heavy atom. The van der Waals surface area contributed by atoms with Gasteiger partial charge in [0, 0.05) is 6.04 Å². The van der Waals surface area contributed by atoms with Crippen molar-refractivity contribution < 1.29 is 4.74 Å². The second-order valence-corrected chi connectivity index (χ2v) is 5.55. The first kappa shape index (κ1) is 16.0. The predicted octanol–water partition coefficient (Wildman–Crippen LogP) is 4.40. The van der Waals surface area contributed by atoms with Gasteiger partial charge >= 0.3 is 0 Å². The summed E-state index contributed by atoms with van der Waals surface area (Å²) in [6.45, 7) is 9.40. The van der Waals surface area contributed by atoms with E-state index in [1.807, 2.05) is 0 Å². The molecule has 1 aromatic carbocycles. The molecule has 2 nitrogen and oxygen atoms in total. The molecule has 2 N–H and O–H groups in total. The van der Waals surface area contributed by atoms with Crippen molar-refractivity contribution in [2.24, 2.45) is 5.73 Å². The quantitative estimate of drug-likeness (QED) is 0.754. The lowest BCUT2D eigenvalue weighted by Gasteiger charge is -2.21. The SMILES string of the molecule is CCCOc1ccc(C)cc1C(CC)CCC(C)N. The molecule has 0 aliphatic carbocycles. The van der Waals surface area contributed by atoms with Gasteiger partial charge in [-0.3, -0.25) is 0 Å². The second kappa shape index (κ2) is 8.21. The summed E-state index contributed by atoms with van der Waals surface area (Å²) in [5.41, 5.74) is 8.55. The fourth-order valence-corrected chi connectivity index (χ4v) is 2.37. The number of rotatable bonds is 8. The molecule has 2 atom stereocenters. The van der Waals surface area contributed by atoms with Crippen LogP contribution in [-0.4, -0.2) is 12.6 Å². The van der Waals surface area contributed by atoms with Crippen molar-refractivity contribution in [3.63, 3.8) is 0 Å². The third kappa shape index (κ3) is 5.23. The molecule has 0 saturated carbocycles. The van der Waals surface area contributed by atoms with Gasteiger partial charge in [-0.15, -0.1) is 0 Å². The molecular formula is C17H29NO. The van der Waals surface area contributed by atoms with E-state index in [0.29, 0.717) is 5.92 Å². The maximum atomic E-state index is 5.90. The third-order valence-electron chi connectivity index (χ3n) is 3.53. The Bertz CT molecular complexity index is 374. The van der Waals surface area contributed by atoms with Gasteiger partial charge in [0.15, 0.2) is 0 Å². The molecule has 1 rings (SSSR count). The highest BCUT2D eigenvalue weighted by Gasteiger charge is 2.15. The van der Waals surface area contributed by atoms with Crippen LogP contribution in [0, 0.1) is 6.92 Å². The molecular weight excluding hydrogens is 234 g/mol. The topological polar surface area (TPSA) is 35.2 Å². The Labute approximate surface area is 118 Å². The van der Waals surface area contributed by atoms with Crippen LogP contribution in [0.5, 0.6) is 5.75 Å². The minimum Gasteiger partial charge on any atom is -0.493 e. The molecule has 0 radical (unpaired) electrons. The largest absolute Gasteiger partial charge is 0.493 e. The Morgan fingerprint density at radius 1 is 1.21 bits per heavy atom. The van der Waals surface area contributed by atoms with Crippen LogP contribution >= 0.6 is 0 Å². The van der Waals surface area contributed by atoms with Crippen molar-refractivity contribution in [2.45, 2.75) is 65.3 Å². The lowest BCUT2D eigenvalue weighted by Crippen LogP contribution is -2.16. The van der Waals surface area contributed by atoms with Crippen LogP contribution in [0.3, 0.4) is 0 Å².